The largest absolute Gasteiger partial charge is 0.229 e. The Kier molecular flexibility index (Phi) is 5.34. The fourth-order valence-electron chi connectivity index (χ4n) is 0.771. The van der Waals surface area contributed by atoms with Gasteiger partial charge in [-0.2, -0.15) is 0 Å². The van der Waals surface area contributed by atoms with Crippen molar-refractivity contribution in [3.8, 4) is 0 Å². The zero-order valence-electron chi connectivity index (χ0n) is 7.01. The summed E-state index contributed by atoms with van der Waals surface area (Å²) in [7, 11) is -2.75. The van der Waals surface area contributed by atoms with Gasteiger partial charge in [0.15, 0.2) is 0 Å². The van der Waals surface area contributed by atoms with E-state index in [9.17, 15) is 8.42 Å². The SMILES string of the molecule is CCC(Br)CCCS(C)(=O)=O. The molecule has 0 fully saturated rings. The molecule has 4 heteroatoms. The van der Waals surface area contributed by atoms with Crippen LogP contribution >= 0.6 is 15.9 Å². The molecular formula is C7H15BrO2S. The third kappa shape index (κ3) is 8.34. The minimum atomic E-state index is -2.75. The van der Waals surface area contributed by atoms with Crippen LogP contribution < -0.4 is 0 Å². The normalized spacial score (nSPS) is 14.8. The maximum absolute atomic E-state index is 10.7. The van der Waals surface area contributed by atoms with E-state index in [2.05, 4.69) is 22.9 Å². The van der Waals surface area contributed by atoms with Crippen LogP contribution in [0.1, 0.15) is 26.2 Å². The zero-order valence-corrected chi connectivity index (χ0v) is 9.41. The molecule has 0 N–H and O–H groups in total. The van der Waals surface area contributed by atoms with E-state index in [1.54, 1.807) is 0 Å². The average molecular weight is 243 g/mol. The first-order chi connectivity index (χ1) is 4.95. The molecule has 0 aliphatic rings. The van der Waals surface area contributed by atoms with E-state index in [1.807, 2.05) is 0 Å². The number of rotatable bonds is 5. The number of halogens is 1. The van der Waals surface area contributed by atoms with Crippen molar-refractivity contribution in [2.75, 3.05) is 12.0 Å². The second-order valence-electron chi connectivity index (χ2n) is 2.78. The average Bonchev–Trinajstić information content (AvgIpc) is 1.85. The maximum Gasteiger partial charge on any atom is 0.147 e. The van der Waals surface area contributed by atoms with Gasteiger partial charge in [0.1, 0.15) is 9.84 Å². The summed E-state index contributed by atoms with van der Waals surface area (Å²) in [5.41, 5.74) is 0. The summed E-state index contributed by atoms with van der Waals surface area (Å²) in [6.45, 7) is 2.08. The molecule has 0 rings (SSSR count). The van der Waals surface area contributed by atoms with Gasteiger partial charge in [-0.25, -0.2) is 8.42 Å². The number of sulfone groups is 1. The second kappa shape index (κ2) is 5.14. The Morgan fingerprint density at radius 1 is 1.45 bits per heavy atom. The predicted molar refractivity (Wildman–Crippen MR) is 52.0 cm³/mol. The molecule has 0 aromatic carbocycles. The molecule has 2 nitrogen and oxygen atoms in total. The summed E-state index contributed by atoms with van der Waals surface area (Å²) in [5.74, 6) is 0.315. The molecule has 1 unspecified atom stereocenters. The van der Waals surface area contributed by atoms with Crippen LogP contribution in [0.2, 0.25) is 0 Å². The summed E-state index contributed by atoms with van der Waals surface area (Å²) >= 11 is 3.45. The maximum atomic E-state index is 10.7. The Bertz CT molecular complexity index is 187. The first-order valence-corrected chi connectivity index (χ1v) is 6.75. The zero-order chi connectivity index (χ0) is 8.91. The highest BCUT2D eigenvalue weighted by molar-refractivity contribution is 9.09. The van der Waals surface area contributed by atoms with Gasteiger partial charge in [-0.05, 0) is 19.3 Å². The van der Waals surface area contributed by atoms with Crippen molar-refractivity contribution in [2.45, 2.75) is 31.0 Å². The standard InChI is InChI=1S/C7H15BrO2S/c1-3-7(8)5-4-6-11(2,9)10/h7H,3-6H2,1-2H3. The first kappa shape index (κ1) is 11.4. The third-order valence-corrected chi connectivity index (χ3v) is 3.61. The van der Waals surface area contributed by atoms with Gasteiger partial charge in [0.2, 0.25) is 0 Å². The van der Waals surface area contributed by atoms with Gasteiger partial charge < -0.3 is 0 Å². The van der Waals surface area contributed by atoms with Crippen LogP contribution in [0, 0.1) is 0 Å². The Balaban J connectivity index is 3.43. The van der Waals surface area contributed by atoms with Crippen molar-refractivity contribution in [3.05, 3.63) is 0 Å². The van der Waals surface area contributed by atoms with Crippen LogP contribution in [-0.2, 0) is 9.84 Å². The van der Waals surface area contributed by atoms with Gasteiger partial charge in [0.25, 0.3) is 0 Å². The molecule has 0 aliphatic heterocycles. The highest BCUT2D eigenvalue weighted by Gasteiger charge is 2.04. The van der Waals surface area contributed by atoms with Gasteiger partial charge in [0.05, 0.1) is 0 Å². The lowest BCUT2D eigenvalue weighted by Crippen LogP contribution is -2.05. The van der Waals surface area contributed by atoms with Crippen LogP contribution in [0.5, 0.6) is 0 Å². The van der Waals surface area contributed by atoms with Crippen molar-refractivity contribution in [2.24, 2.45) is 0 Å². The lowest BCUT2D eigenvalue weighted by Gasteiger charge is -2.04. The molecule has 0 aliphatic carbocycles. The smallest absolute Gasteiger partial charge is 0.147 e. The van der Waals surface area contributed by atoms with E-state index < -0.39 is 9.84 Å². The lowest BCUT2D eigenvalue weighted by atomic mass is 10.2. The summed E-state index contributed by atoms with van der Waals surface area (Å²) in [6.07, 6.45) is 4.05. The monoisotopic (exact) mass is 242 g/mol. The fourth-order valence-corrected chi connectivity index (χ4v) is 1.79. The summed E-state index contributed by atoms with van der Waals surface area (Å²) < 4.78 is 21.4. The molecule has 0 saturated heterocycles. The van der Waals surface area contributed by atoms with Gasteiger partial charge in [-0.15, -0.1) is 0 Å². The van der Waals surface area contributed by atoms with E-state index in [0.717, 1.165) is 19.3 Å². The molecule has 0 amide bonds. The molecule has 0 heterocycles. The van der Waals surface area contributed by atoms with Crippen LogP contribution in [0.3, 0.4) is 0 Å². The summed E-state index contributed by atoms with van der Waals surface area (Å²) in [4.78, 5) is 0.476. The first-order valence-electron chi connectivity index (χ1n) is 3.77. The van der Waals surface area contributed by atoms with Gasteiger partial charge >= 0.3 is 0 Å². The minimum absolute atomic E-state index is 0.315. The quantitative estimate of drug-likeness (QED) is 0.692. The fraction of sp³-hybridized carbons (Fsp3) is 1.00. The predicted octanol–water partition coefficient (Wildman–Crippen LogP) is 1.98. The van der Waals surface area contributed by atoms with E-state index in [-0.39, 0.29) is 0 Å². The second-order valence-corrected chi connectivity index (χ2v) is 6.33. The molecule has 0 bridgehead atoms. The lowest BCUT2D eigenvalue weighted by molar-refractivity contribution is 0.596. The Hall–Kier alpha value is 0.430. The van der Waals surface area contributed by atoms with Crippen molar-refractivity contribution in [1.29, 1.82) is 0 Å². The number of alkyl halides is 1. The van der Waals surface area contributed by atoms with E-state index in [1.165, 1.54) is 6.26 Å². The Morgan fingerprint density at radius 2 is 2.00 bits per heavy atom. The molecule has 1 atom stereocenters. The highest BCUT2D eigenvalue weighted by atomic mass is 79.9. The van der Waals surface area contributed by atoms with Crippen molar-refractivity contribution in [3.63, 3.8) is 0 Å². The minimum Gasteiger partial charge on any atom is -0.229 e. The van der Waals surface area contributed by atoms with Crippen molar-refractivity contribution in [1.82, 2.24) is 0 Å². The number of hydrogen-bond acceptors (Lipinski definition) is 2. The Morgan fingerprint density at radius 3 is 2.36 bits per heavy atom. The van der Waals surface area contributed by atoms with Gasteiger partial charge in [-0.1, -0.05) is 22.9 Å². The van der Waals surface area contributed by atoms with E-state index >= 15 is 0 Å². The molecule has 0 aromatic rings. The van der Waals surface area contributed by atoms with Crippen LogP contribution in [0.4, 0.5) is 0 Å². The molecule has 0 aromatic heterocycles. The topological polar surface area (TPSA) is 34.1 Å². The summed E-state index contributed by atoms with van der Waals surface area (Å²) in [5, 5.41) is 0. The van der Waals surface area contributed by atoms with Crippen LogP contribution in [0.25, 0.3) is 0 Å². The van der Waals surface area contributed by atoms with Crippen LogP contribution in [-0.4, -0.2) is 25.3 Å². The Labute approximate surface area is 77.4 Å². The number of hydrogen-bond donors (Lipinski definition) is 0. The van der Waals surface area contributed by atoms with Gasteiger partial charge in [-0.3, -0.25) is 0 Å². The van der Waals surface area contributed by atoms with Gasteiger partial charge in [0, 0.05) is 16.8 Å². The third-order valence-electron chi connectivity index (χ3n) is 1.48. The molecule has 0 radical (unpaired) electrons. The van der Waals surface area contributed by atoms with E-state index in [0.29, 0.717) is 10.6 Å². The molecule has 68 valence electrons. The molecule has 11 heavy (non-hydrogen) atoms. The highest BCUT2D eigenvalue weighted by Crippen LogP contribution is 2.11. The van der Waals surface area contributed by atoms with Crippen molar-refractivity contribution >= 4 is 25.8 Å². The van der Waals surface area contributed by atoms with Crippen molar-refractivity contribution < 1.29 is 8.42 Å². The molecule has 0 saturated carbocycles. The van der Waals surface area contributed by atoms with E-state index in [4.69, 9.17) is 0 Å². The molecule has 0 spiro atoms. The van der Waals surface area contributed by atoms with Crippen LogP contribution in [0.15, 0.2) is 0 Å². The molecular weight excluding hydrogens is 228 g/mol. The summed E-state index contributed by atoms with van der Waals surface area (Å²) in [6, 6.07) is 0.